The van der Waals surface area contributed by atoms with Gasteiger partial charge in [-0.15, -0.1) is 0 Å². The van der Waals surface area contributed by atoms with E-state index in [0.29, 0.717) is 12.5 Å². The highest BCUT2D eigenvalue weighted by molar-refractivity contribution is 5.78. The summed E-state index contributed by atoms with van der Waals surface area (Å²) in [6.45, 7) is 0.256. The van der Waals surface area contributed by atoms with Crippen LogP contribution in [-0.2, 0) is 4.79 Å². The molecule has 1 aliphatic rings. The van der Waals surface area contributed by atoms with Gasteiger partial charge < -0.3 is 16.2 Å². The third-order valence-corrected chi connectivity index (χ3v) is 3.33. The number of nitrogens with two attached hydrogens (primary N) is 1. The fourth-order valence-electron chi connectivity index (χ4n) is 2.10. The molecule has 0 spiro atoms. The molecular weight excluding hydrogens is 230 g/mol. The maximum atomic E-state index is 12.0. The second kappa shape index (κ2) is 6.86. The minimum atomic E-state index is -2.82. The number of amides is 1. The summed E-state index contributed by atoms with van der Waals surface area (Å²) in [5, 5.41) is 11.2. The summed E-state index contributed by atoms with van der Waals surface area (Å²) in [7, 11) is 0. The predicted octanol–water partition coefficient (Wildman–Crippen LogP) is 0.494. The Labute approximate surface area is 99.6 Å². The van der Waals surface area contributed by atoms with Crippen LogP contribution in [0.2, 0.25) is 0 Å². The SMILES string of the molecule is NCC1CCC(C(=O)NCC(O)C(F)F)CC1. The van der Waals surface area contributed by atoms with E-state index >= 15 is 0 Å². The van der Waals surface area contributed by atoms with Crippen LogP contribution in [0.1, 0.15) is 25.7 Å². The summed E-state index contributed by atoms with van der Waals surface area (Å²) in [5.74, 6) is 0.119. The first kappa shape index (κ1) is 14.3. The van der Waals surface area contributed by atoms with Gasteiger partial charge in [-0.2, -0.15) is 0 Å². The van der Waals surface area contributed by atoms with Crippen molar-refractivity contribution >= 4 is 5.91 Å². The molecule has 0 saturated heterocycles. The number of hydrogen-bond donors (Lipinski definition) is 3. The molecule has 1 aliphatic carbocycles. The van der Waals surface area contributed by atoms with E-state index in [1.165, 1.54) is 0 Å². The van der Waals surface area contributed by atoms with Crippen molar-refractivity contribution in [3.8, 4) is 0 Å². The van der Waals surface area contributed by atoms with E-state index < -0.39 is 12.5 Å². The lowest BCUT2D eigenvalue weighted by atomic mass is 9.81. The number of aliphatic hydroxyl groups is 1. The van der Waals surface area contributed by atoms with Crippen LogP contribution in [0.5, 0.6) is 0 Å². The van der Waals surface area contributed by atoms with Crippen LogP contribution in [0.15, 0.2) is 0 Å². The topological polar surface area (TPSA) is 75.4 Å². The van der Waals surface area contributed by atoms with Crippen molar-refractivity contribution in [3.05, 3.63) is 0 Å². The second-order valence-corrected chi connectivity index (χ2v) is 4.60. The Balaban J connectivity index is 2.25. The van der Waals surface area contributed by atoms with Crippen LogP contribution < -0.4 is 11.1 Å². The van der Waals surface area contributed by atoms with Crippen molar-refractivity contribution in [2.24, 2.45) is 17.6 Å². The molecule has 4 N–H and O–H groups in total. The molecule has 100 valence electrons. The van der Waals surface area contributed by atoms with Crippen LogP contribution in [-0.4, -0.2) is 36.6 Å². The first-order valence-electron chi connectivity index (χ1n) is 5.98. The second-order valence-electron chi connectivity index (χ2n) is 4.60. The Hall–Kier alpha value is -0.750. The maximum Gasteiger partial charge on any atom is 0.265 e. The number of halogens is 2. The zero-order valence-electron chi connectivity index (χ0n) is 9.74. The van der Waals surface area contributed by atoms with Gasteiger partial charge in [0.2, 0.25) is 5.91 Å². The molecule has 1 rings (SSSR count). The number of hydrogen-bond acceptors (Lipinski definition) is 3. The van der Waals surface area contributed by atoms with E-state index in [9.17, 15) is 13.6 Å². The number of nitrogens with one attached hydrogen (secondary N) is 1. The molecule has 0 bridgehead atoms. The van der Waals surface area contributed by atoms with E-state index in [1.807, 2.05) is 0 Å². The Kier molecular flexibility index (Phi) is 5.77. The normalized spacial score (nSPS) is 26.9. The lowest BCUT2D eigenvalue weighted by molar-refractivity contribution is -0.127. The van der Waals surface area contributed by atoms with E-state index in [2.05, 4.69) is 5.32 Å². The molecule has 1 atom stereocenters. The average molecular weight is 250 g/mol. The quantitative estimate of drug-likeness (QED) is 0.665. The fourth-order valence-corrected chi connectivity index (χ4v) is 2.10. The number of rotatable bonds is 5. The number of alkyl halides is 2. The van der Waals surface area contributed by atoms with Crippen molar-refractivity contribution in [2.75, 3.05) is 13.1 Å². The molecule has 6 heteroatoms. The van der Waals surface area contributed by atoms with Gasteiger partial charge in [0.05, 0.1) is 0 Å². The summed E-state index contributed by atoms with van der Waals surface area (Å²) < 4.78 is 24.0. The van der Waals surface area contributed by atoms with Gasteiger partial charge in [0.1, 0.15) is 6.10 Å². The molecule has 0 aromatic rings. The van der Waals surface area contributed by atoms with Gasteiger partial charge in [-0.3, -0.25) is 4.79 Å². The van der Waals surface area contributed by atoms with Crippen molar-refractivity contribution in [2.45, 2.75) is 38.2 Å². The third kappa shape index (κ3) is 4.55. The Morgan fingerprint density at radius 3 is 2.41 bits per heavy atom. The molecule has 1 amide bonds. The average Bonchev–Trinajstić information content (AvgIpc) is 2.35. The van der Waals surface area contributed by atoms with Crippen LogP contribution in [0.25, 0.3) is 0 Å². The van der Waals surface area contributed by atoms with E-state index in [4.69, 9.17) is 10.8 Å². The van der Waals surface area contributed by atoms with Crippen LogP contribution in [0.4, 0.5) is 8.78 Å². The largest absolute Gasteiger partial charge is 0.385 e. The Morgan fingerprint density at radius 1 is 1.35 bits per heavy atom. The van der Waals surface area contributed by atoms with Gasteiger partial charge in [-0.1, -0.05) is 0 Å². The van der Waals surface area contributed by atoms with Crippen LogP contribution in [0.3, 0.4) is 0 Å². The first-order valence-corrected chi connectivity index (χ1v) is 5.98. The third-order valence-electron chi connectivity index (χ3n) is 3.33. The van der Waals surface area contributed by atoms with E-state index in [1.54, 1.807) is 0 Å². The minimum absolute atomic E-state index is 0.123. The molecule has 0 aromatic heterocycles. The lowest BCUT2D eigenvalue weighted by Gasteiger charge is -2.27. The molecule has 0 heterocycles. The molecule has 1 saturated carbocycles. The summed E-state index contributed by atoms with van der Waals surface area (Å²) in [6, 6.07) is 0. The van der Waals surface area contributed by atoms with Crippen LogP contribution in [0, 0.1) is 11.8 Å². The summed E-state index contributed by atoms with van der Waals surface area (Å²) in [4.78, 5) is 11.6. The van der Waals surface area contributed by atoms with E-state index in [0.717, 1.165) is 25.7 Å². The molecular formula is C11H20F2N2O2. The fraction of sp³-hybridized carbons (Fsp3) is 0.909. The molecule has 17 heavy (non-hydrogen) atoms. The maximum absolute atomic E-state index is 12.0. The van der Waals surface area contributed by atoms with Gasteiger partial charge in [0, 0.05) is 12.5 Å². The zero-order valence-corrected chi connectivity index (χ0v) is 9.74. The highest BCUT2D eigenvalue weighted by Gasteiger charge is 2.26. The predicted molar refractivity (Wildman–Crippen MR) is 59.5 cm³/mol. The monoisotopic (exact) mass is 250 g/mol. The molecule has 1 fully saturated rings. The van der Waals surface area contributed by atoms with Crippen molar-refractivity contribution in [1.29, 1.82) is 0 Å². The van der Waals surface area contributed by atoms with Gasteiger partial charge in [0.25, 0.3) is 6.43 Å². The van der Waals surface area contributed by atoms with E-state index in [-0.39, 0.29) is 18.4 Å². The summed E-state index contributed by atoms with van der Waals surface area (Å²) in [5.41, 5.74) is 5.54. The van der Waals surface area contributed by atoms with Gasteiger partial charge in [-0.25, -0.2) is 8.78 Å². The first-order chi connectivity index (χ1) is 8.04. The number of carbonyl (C=O) groups is 1. The van der Waals surface area contributed by atoms with Gasteiger partial charge >= 0.3 is 0 Å². The molecule has 0 aliphatic heterocycles. The highest BCUT2D eigenvalue weighted by atomic mass is 19.3. The minimum Gasteiger partial charge on any atom is -0.385 e. The molecule has 0 radical (unpaired) electrons. The van der Waals surface area contributed by atoms with Crippen molar-refractivity contribution < 1.29 is 18.7 Å². The zero-order chi connectivity index (χ0) is 12.8. The van der Waals surface area contributed by atoms with Crippen LogP contribution >= 0.6 is 0 Å². The lowest BCUT2D eigenvalue weighted by Crippen LogP contribution is -2.40. The van der Waals surface area contributed by atoms with Crippen molar-refractivity contribution in [1.82, 2.24) is 5.32 Å². The summed E-state index contributed by atoms with van der Waals surface area (Å²) in [6.07, 6.45) is -1.28. The number of aliphatic hydroxyl groups excluding tert-OH is 1. The van der Waals surface area contributed by atoms with Gasteiger partial charge in [0.15, 0.2) is 0 Å². The standard InChI is InChI=1S/C11H20F2N2O2/c12-10(13)9(16)6-15-11(17)8-3-1-7(5-14)2-4-8/h7-10,16H,1-6,14H2,(H,15,17). The Morgan fingerprint density at radius 2 is 1.94 bits per heavy atom. The Bertz CT molecular complexity index is 244. The van der Waals surface area contributed by atoms with Crippen molar-refractivity contribution in [3.63, 3.8) is 0 Å². The summed E-state index contributed by atoms with van der Waals surface area (Å²) >= 11 is 0. The smallest absolute Gasteiger partial charge is 0.265 e. The molecule has 4 nitrogen and oxygen atoms in total. The highest BCUT2D eigenvalue weighted by Crippen LogP contribution is 2.28. The number of carbonyl (C=O) groups excluding carboxylic acids is 1. The molecule has 1 unspecified atom stereocenters. The van der Waals surface area contributed by atoms with Gasteiger partial charge in [-0.05, 0) is 38.1 Å². The molecule has 0 aromatic carbocycles.